The molecule has 1 aliphatic heterocycles. The van der Waals surface area contributed by atoms with E-state index >= 15 is 0 Å². The van der Waals surface area contributed by atoms with E-state index in [1.165, 1.54) is 6.33 Å². The average Bonchev–Trinajstić information content (AvgIpc) is 3.29. The van der Waals surface area contributed by atoms with E-state index in [2.05, 4.69) is 36.3 Å². The molecule has 0 aliphatic carbocycles. The number of benzene rings is 1. The second-order valence-corrected chi connectivity index (χ2v) is 7.24. The van der Waals surface area contributed by atoms with Gasteiger partial charge >= 0.3 is 0 Å². The zero-order chi connectivity index (χ0) is 20.9. The number of nitrogens with one attached hydrogen (secondary N) is 1. The Morgan fingerprint density at radius 3 is 2.80 bits per heavy atom. The summed E-state index contributed by atoms with van der Waals surface area (Å²) in [7, 11) is 0. The number of nitrogens with zero attached hydrogens (tertiary/aromatic N) is 7. The monoisotopic (exact) mass is 422 g/mol. The highest BCUT2D eigenvalue weighted by Crippen LogP contribution is 2.24. The summed E-state index contributed by atoms with van der Waals surface area (Å²) in [6.07, 6.45) is 4.68. The molecule has 10 heteroatoms. The maximum Gasteiger partial charge on any atom is 0.238 e. The lowest BCUT2D eigenvalue weighted by Gasteiger charge is -2.35. The number of aromatic nitrogens is 4. The summed E-state index contributed by atoms with van der Waals surface area (Å²) < 4.78 is 1.57. The van der Waals surface area contributed by atoms with Crippen LogP contribution in [0.3, 0.4) is 0 Å². The number of rotatable bonds is 5. The molecule has 30 heavy (non-hydrogen) atoms. The number of carbonyl (C=O) groups excluding carboxylic acids is 1. The predicted octanol–water partition coefficient (Wildman–Crippen LogP) is 1.95. The molecule has 0 bridgehead atoms. The van der Waals surface area contributed by atoms with E-state index in [4.69, 9.17) is 11.6 Å². The van der Waals surface area contributed by atoms with Crippen molar-refractivity contribution in [2.45, 2.75) is 0 Å². The van der Waals surface area contributed by atoms with Crippen molar-refractivity contribution in [1.29, 1.82) is 5.26 Å². The molecule has 0 saturated carbocycles. The molecule has 0 unspecified atom stereocenters. The number of carbonyl (C=O) groups is 1. The molecule has 1 aromatic carbocycles. The fourth-order valence-electron chi connectivity index (χ4n) is 3.39. The van der Waals surface area contributed by atoms with Gasteiger partial charge in [0.2, 0.25) is 5.91 Å². The number of pyridine rings is 1. The highest BCUT2D eigenvalue weighted by molar-refractivity contribution is 6.31. The summed E-state index contributed by atoms with van der Waals surface area (Å²) in [5.74, 6) is 0.558. The molecule has 3 aromatic rings. The second-order valence-electron chi connectivity index (χ2n) is 6.80. The normalized spacial score (nSPS) is 14.3. The second kappa shape index (κ2) is 8.90. The third-order valence-electron chi connectivity index (χ3n) is 4.84. The van der Waals surface area contributed by atoms with Crippen LogP contribution in [-0.4, -0.2) is 63.3 Å². The SMILES string of the molecule is N#Cc1cccnc1N1CCN(CC(=O)Nc2cc(Cl)ccc2-n2cncn2)CC1. The van der Waals surface area contributed by atoms with Crippen LogP contribution in [0.1, 0.15) is 5.56 Å². The molecule has 0 atom stereocenters. The third kappa shape index (κ3) is 4.40. The van der Waals surface area contributed by atoms with Crippen LogP contribution >= 0.6 is 11.6 Å². The zero-order valence-corrected chi connectivity index (χ0v) is 16.8. The Labute approximate surface area is 178 Å². The predicted molar refractivity (Wildman–Crippen MR) is 113 cm³/mol. The number of halogens is 1. The van der Waals surface area contributed by atoms with Gasteiger partial charge in [0.25, 0.3) is 0 Å². The molecule has 1 amide bonds. The lowest BCUT2D eigenvalue weighted by Crippen LogP contribution is -2.49. The van der Waals surface area contributed by atoms with Crippen molar-refractivity contribution in [2.75, 3.05) is 42.9 Å². The number of anilines is 2. The first kappa shape index (κ1) is 19.8. The average molecular weight is 423 g/mol. The van der Waals surface area contributed by atoms with Crippen LogP contribution in [0.2, 0.25) is 5.02 Å². The van der Waals surface area contributed by atoms with Crippen molar-refractivity contribution in [3.63, 3.8) is 0 Å². The van der Waals surface area contributed by atoms with Crippen molar-refractivity contribution in [1.82, 2.24) is 24.6 Å². The van der Waals surface area contributed by atoms with E-state index in [-0.39, 0.29) is 12.5 Å². The van der Waals surface area contributed by atoms with Crippen LogP contribution in [0.15, 0.2) is 49.2 Å². The Kier molecular flexibility index (Phi) is 5.88. The Morgan fingerprint density at radius 1 is 1.23 bits per heavy atom. The molecule has 0 spiro atoms. The van der Waals surface area contributed by atoms with Crippen LogP contribution in [0.25, 0.3) is 5.69 Å². The van der Waals surface area contributed by atoms with Gasteiger partial charge in [-0.25, -0.2) is 14.6 Å². The minimum atomic E-state index is -0.136. The maximum absolute atomic E-state index is 12.7. The maximum atomic E-state index is 12.7. The fraction of sp³-hybridized carbons (Fsp3) is 0.250. The first-order chi connectivity index (χ1) is 14.6. The lowest BCUT2D eigenvalue weighted by atomic mass is 10.2. The highest BCUT2D eigenvalue weighted by Gasteiger charge is 2.22. The topological polar surface area (TPSA) is 103 Å². The molecule has 1 N–H and O–H groups in total. The van der Waals surface area contributed by atoms with Gasteiger partial charge in [0.1, 0.15) is 24.5 Å². The molecule has 152 valence electrons. The Morgan fingerprint density at radius 2 is 2.07 bits per heavy atom. The number of hydrogen-bond acceptors (Lipinski definition) is 7. The van der Waals surface area contributed by atoms with Gasteiger partial charge in [-0.05, 0) is 30.3 Å². The zero-order valence-electron chi connectivity index (χ0n) is 16.1. The molecular formula is C20H19ClN8O. The van der Waals surface area contributed by atoms with Gasteiger partial charge in [-0.3, -0.25) is 9.69 Å². The molecule has 1 aliphatic rings. The Bertz CT molecular complexity index is 1070. The van der Waals surface area contributed by atoms with Gasteiger partial charge in [0.05, 0.1) is 23.5 Å². The smallest absolute Gasteiger partial charge is 0.238 e. The standard InChI is InChI=1S/C20H19ClN8O/c21-16-3-4-18(29-14-23-13-25-29)17(10-16)26-19(30)12-27-6-8-28(9-7-27)20-15(11-22)2-1-5-24-20/h1-5,10,13-14H,6-9,12H2,(H,26,30). The molecule has 0 radical (unpaired) electrons. The lowest BCUT2D eigenvalue weighted by molar-refractivity contribution is -0.117. The first-order valence-electron chi connectivity index (χ1n) is 9.41. The number of amides is 1. The van der Waals surface area contributed by atoms with Crippen molar-refractivity contribution >= 4 is 29.0 Å². The largest absolute Gasteiger partial charge is 0.353 e. The first-order valence-corrected chi connectivity index (χ1v) is 9.78. The van der Waals surface area contributed by atoms with Gasteiger partial charge in [-0.15, -0.1) is 0 Å². The van der Waals surface area contributed by atoms with Crippen LogP contribution in [0.4, 0.5) is 11.5 Å². The number of piperazine rings is 1. The Hall–Kier alpha value is -3.48. The van der Waals surface area contributed by atoms with E-state index < -0.39 is 0 Å². The van der Waals surface area contributed by atoms with E-state index in [1.807, 2.05) is 0 Å². The van der Waals surface area contributed by atoms with Gasteiger partial charge in [-0.2, -0.15) is 10.4 Å². The molecule has 3 heterocycles. The molecule has 1 fully saturated rings. The van der Waals surface area contributed by atoms with Crippen molar-refractivity contribution in [3.8, 4) is 11.8 Å². The van der Waals surface area contributed by atoms with E-state index in [0.29, 0.717) is 54.0 Å². The molecule has 1 saturated heterocycles. The van der Waals surface area contributed by atoms with E-state index in [1.54, 1.807) is 47.5 Å². The van der Waals surface area contributed by atoms with Gasteiger partial charge in [0.15, 0.2) is 0 Å². The molecular weight excluding hydrogens is 404 g/mol. The summed E-state index contributed by atoms with van der Waals surface area (Å²) in [5.41, 5.74) is 1.82. The summed E-state index contributed by atoms with van der Waals surface area (Å²) in [6.45, 7) is 3.03. The van der Waals surface area contributed by atoms with Crippen LogP contribution in [0.5, 0.6) is 0 Å². The quantitative estimate of drug-likeness (QED) is 0.670. The van der Waals surface area contributed by atoms with Crippen LogP contribution in [-0.2, 0) is 4.79 Å². The fourth-order valence-corrected chi connectivity index (χ4v) is 3.56. The van der Waals surface area contributed by atoms with E-state index in [0.717, 1.165) is 0 Å². The van der Waals surface area contributed by atoms with Crippen molar-refractivity contribution < 1.29 is 4.79 Å². The molecule has 2 aromatic heterocycles. The van der Waals surface area contributed by atoms with E-state index in [9.17, 15) is 10.1 Å². The van der Waals surface area contributed by atoms with Crippen LogP contribution < -0.4 is 10.2 Å². The highest BCUT2D eigenvalue weighted by atomic mass is 35.5. The summed E-state index contributed by atoms with van der Waals surface area (Å²) in [6, 6.07) is 10.9. The number of nitriles is 1. The summed E-state index contributed by atoms with van der Waals surface area (Å²) in [5, 5.41) is 16.8. The Balaban J connectivity index is 1.37. The minimum absolute atomic E-state index is 0.136. The summed E-state index contributed by atoms with van der Waals surface area (Å²) in [4.78, 5) is 25.1. The third-order valence-corrected chi connectivity index (χ3v) is 5.08. The van der Waals surface area contributed by atoms with Gasteiger partial charge in [0, 0.05) is 37.4 Å². The minimum Gasteiger partial charge on any atom is -0.353 e. The molecule has 9 nitrogen and oxygen atoms in total. The van der Waals surface area contributed by atoms with Crippen LogP contribution in [0, 0.1) is 11.3 Å². The van der Waals surface area contributed by atoms with Crippen molar-refractivity contribution in [2.24, 2.45) is 0 Å². The van der Waals surface area contributed by atoms with Gasteiger partial charge < -0.3 is 10.2 Å². The van der Waals surface area contributed by atoms with Gasteiger partial charge in [-0.1, -0.05) is 11.6 Å². The summed E-state index contributed by atoms with van der Waals surface area (Å²) >= 11 is 6.11. The van der Waals surface area contributed by atoms with Crippen molar-refractivity contribution in [3.05, 3.63) is 59.8 Å². The molecule has 4 rings (SSSR count). The number of hydrogen-bond donors (Lipinski definition) is 1.